The van der Waals surface area contributed by atoms with Gasteiger partial charge in [0.15, 0.2) is 11.6 Å². The maximum atomic E-state index is 13.5. The van der Waals surface area contributed by atoms with E-state index in [2.05, 4.69) is 5.32 Å². The Balaban J connectivity index is 1.95. The summed E-state index contributed by atoms with van der Waals surface area (Å²) in [5.74, 6) is -0.264. The lowest BCUT2D eigenvalue weighted by atomic mass is 9.84. The molecule has 0 spiro atoms. The number of carbonyl (C=O) groups excluding carboxylic acids is 1. The largest absolute Gasteiger partial charge is 0.491 e. The Kier molecular flexibility index (Phi) is 5.17. The van der Waals surface area contributed by atoms with E-state index in [4.69, 9.17) is 10.5 Å². The molecule has 2 unspecified atom stereocenters. The van der Waals surface area contributed by atoms with Crippen LogP contribution in [0.4, 0.5) is 4.39 Å². The molecule has 5 heteroatoms. The Labute approximate surface area is 124 Å². The first kappa shape index (κ1) is 15.8. The van der Waals surface area contributed by atoms with Gasteiger partial charge in [-0.3, -0.25) is 4.79 Å². The fourth-order valence-electron chi connectivity index (χ4n) is 3.30. The molecular weight excluding hydrogens is 271 g/mol. The third-order valence-corrected chi connectivity index (χ3v) is 4.31. The van der Waals surface area contributed by atoms with E-state index < -0.39 is 5.54 Å². The van der Waals surface area contributed by atoms with Crippen molar-refractivity contribution in [3.05, 3.63) is 30.1 Å². The van der Waals surface area contributed by atoms with Crippen LogP contribution in [0.1, 0.15) is 32.6 Å². The highest BCUT2D eigenvalue weighted by Gasteiger charge is 2.46. The highest BCUT2D eigenvalue weighted by molar-refractivity contribution is 5.85. The molecule has 4 nitrogen and oxygen atoms in total. The Morgan fingerprint density at radius 2 is 2.29 bits per heavy atom. The van der Waals surface area contributed by atoms with Crippen LogP contribution >= 0.6 is 0 Å². The van der Waals surface area contributed by atoms with Gasteiger partial charge < -0.3 is 15.8 Å². The molecule has 0 heterocycles. The first-order chi connectivity index (χ1) is 10.1. The number of ether oxygens (including phenoxy) is 1. The number of benzene rings is 1. The van der Waals surface area contributed by atoms with Crippen LogP contribution in [0.15, 0.2) is 24.3 Å². The monoisotopic (exact) mass is 294 g/mol. The summed E-state index contributed by atoms with van der Waals surface area (Å²) in [5, 5.41) is 3.26. The van der Waals surface area contributed by atoms with Gasteiger partial charge in [-0.1, -0.05) is 25.5 Å². The zero-order valence-electron chi connectivity index (χ0n) is 12.4. The van der Waals surface area contributed by atoms with E-state index in [0.29, 0.717) is 19.6 Å². The van der Waals surface area contributed by atoms with Gasteiger partial charge in [-0.05, 0) is 43.9 Å². The van der Waals surface area contributed by atoms with E-state index in [1.54, 1.807) is 18.2 Å². The summed E-state index contributed by atoms with van der Waals surface area (Å²) >= 11 is 0. The molecule has 0 bridgehead atoms. The van der Waals surface area contributed by atoms with Gasteiger partial charge in [0, 0.05) is 0 Å². The SMILES string of the molecule is CCNC1(C(N)=O)CCCC1CCOc1ccccc1F. The number of para-hydroxylation sites is 1. The van der Waals surface area contributed by atoms with E-state index in [1.165, 1.54) is 6.07 Å². The predicted molar refractivity (Wildman–Crippen MR) is 79.5 cm³/mol. The maximum absolute atomic E-state index is 13.5. The zero-order chi connectivity index (χ0) is 15.3. The maximum Gasteiger partial charge on any atom is 0.238 e. The van der Waals surface area contributed by atoms with Gasteiger partial charge in [0.2, 0.25) is 5.91 Å². The number of amides is 1. The predicted octanol–water partition coefficient (Wildman–Crippen LogP) is 2.23. The average molecular weight is 294 g/mol. The van der Waals surface area contributed by atoms with Crippen LogP contribution < -0.4 is 15.8 Å². The first-order valence-electron chi connectivity index (χ1n) is 7.52. The average Bonchev–Trinajstić information content (AvgIpc) is 2.86. The van der Waals surface area contributed by atoms with Crippen LogP contribution in [-0.4, -0.2) is 24.6 Å². The lowest BCUT2D eigenvalue weighted by Crippen LogP contribution is -2.58. The highest BCUT2D eigenvalue weighted by atomic mass is 19.1. The molecule has 3 N–H and O–H groups in total. The summed E-state index contributed by atoms with van der Waals surface area (Å²) in [6.45, 7) is 3.05. The van der Waals surface area contributed by atoms with Crippen molar-refractivity contribution < 1.29 is 13.9 Å². The number of halogens is 1. The number of hydrogen-bond acceptors (Lipinski definition) is 3. The van der Waals surface area contributed by atoms with Gasteiger partial charge in [-0.25, -0.2) is 4.39 Å². The fraction of sp³-hybridized carbons (Fsp3) is 0.562. The Hall–Kier alpha value is -1.62. The molecule has 1 amide bonds. The van der Waals surface area contributed by atoms with Gasteiger partial charge in [0.1, 0.15) is 5.54 Å². The zero-order valence-corrected chi connectivity index (χ0v) is 12.4. The number of nitrogens with two attached hydrogens (primary N) is 1. The van der Waals surface area contributed by atoms with Gasteiger partial charge in [0.25, 0.3) is 0 Å². The minimum atomic E-state index is -0.632. The first-order valence-corrected chi connectivity index (χ1v) is 7.52. The number of nitrogens with one attached hydrogen (secondary N) is 1. The summed E-state index contributed by atoms with van der Waals surface area (Å²) < 4.78 is 19.0. The highest BCUT2D eigenvalue weighted by Crippen LogP contribution is 2.38. The number of primary amides is 1. The second-order valence-electron chi connectivity index (χ2n) is 5.52. The van der Waals surface area contributed by atoms with Gasteiger partial charge in [-0.2, -0.15) is 0 Å². The van der Waals surface area contributed by atoms with Crippen molar-refractivity contribution in [2.24, 2.45) is 11.7 Å². The van der Waals surface area contributed by atoms with E-state index in [1.807, 2.05) is 6.92 Å². The number of hydrogen-bond donors (Lipinski definition) is 2. The molecule has 21 heavy (non-hydrogen) atoms. The van der Waals surface area contributed by atoms with Gasteiger partial charge in [-0.15, -0.1) is 0 Å². The van der Waals surface area contributed by atoms with Crippen molar-refractivity contribution in [3.63, 3.8) is 0 Å². The molecule has 2 atom stereocenters. The number of rotatable bonds is 7. The Morgan fingerprint density at radius 3 is 2.95 bits per heavy atom. The Morgan fingerprint density at radius 1 is 1.52 bits per heavy atom. The number of likely N-dealkylation sites (N-methyl/N-ethyl adjacent to an activating group) is 1. The van der Waals surface area contributed by atoms with Crippen LogP contribution in [0.25, 0.3) is 0 Å². The molecule has 2 rings (SSSR count). The van der Waals surface area contributed by atoms with Crippen LogP contribution in [0.3, 0.4) is 0 Å². The summed E-state index contributed by atoms with van der Waals surface area (Å²) in [6, 6.07) is 6.34. The van der Waals surface area contributed by atoms with E-state index in [-0.39, 0.29) is 23.4 Å². The van der Waals surface area contributed by atoms with Crippen molar-refractivity contribution in [2.75, 3.05) is 13.2 Å². The van der Waals surface area contributed by atoms with Crippen LogP contribution in [-0.2, 0) is 4.79 Å². The minimum Gasteiger partial charge on any atom is -0.491 e. The molecule has 0 aromatic heterocycles. The van der Waals surface area contributed by atoms with Crippen molar-refractivity contribution in [1.82, 2.24) is 5.32 Å². The molecule has 1 aliphatic carbocycles. The molecular formula is C16H23FN2O2. The summed E-state index contributed by atoms with van der Waals surface area (Å²) in [4.78, 5) is 11.9. The summed E-state index contributed by atoms with van der Waals surface area (Å²) in [5.41, 5.74) is 4.98. The smallest absolute Gasteiger partial charge is 0.238 e. The van der Waals surface area contributed by atoms with Gasteiger partial charge >= 0.3 is 0 Å². The molecule has 1 fully saturated rings. The van der Waals surface area contributed by atoms with Crippen LogP contribution in [0, 0.1) is 11.7 Å². The van der Waals surface area contributed by atoms with Crippen LogP contribution in [0.5, 0.6) is 5.75 Å². The third-order valence-electron chi connectivity index (χ3n) is 4.31. The second-order valence-corrected chi connectivity index (χ2v) is 5.52. The second kappa shape index (κ2) is 6.89. The fourth-order valence-corrected chi connectivity index (χ4v) is 3.30. The molecule has 1 saturated carbocycles. The lowest BCUT2D eigenvalue weighted by molar-refractivity contribution is -0.126. The molecule has 116 valence electrons. The van der Waals surface area contributed by atoms with Crippen molar-refractivity contribution in [2.45, 2.75) is 38.1 Å². The molecule has 0 aliphatic heterocycles. The minimum absolute atomic E-state index is 0.140. The van der Waals surface area contributed by atoms with Crippen molar-refractivity contribution >= 4 is 5.91 Å². The van der Waals surface area contributed by atoms with E-state index in [0.717, 1.165) is 19.3 Å². The lowest BCUT2D eigenvalue weighted by Gasteiger charge is -2.33. The van der Waals surface area contributed by atoms with E-state index in [9.17, 15) is 9.18 Å². The molecule has 0 saturated heterocycles. The van der Waals surface area contributed by atoms with Crippen molar-refractivity contribution in [3.8, 4) is 5.75 Å². The molecule has 1 aromatic carbocycles. The standard InChI is InChI=1S/C16H23FN2O2/c1-2-19-16(15(18)20)10-5-6-12(16)9-11-21-14-8-4-3-7-13(14)17/h3-4,7-8,12,19H,2,5-6,9-11H2,1H3,(H2,18,20). The number of carbonyl (C=O) groups is 1. The molecule has 0 radical (unpaired) electrons. The molecule has 1 aliphatic rings. The normalized spacial score (nSPS) is 25.0. The molecule has 1 aromatic rings. The summed E-state index contributed by atoms with van der Waals surface area (Å²) in [7, 11) is 0. The topological polar surface area (TPSA) is 64.3 Å². The Bertz CT molecular complexity index is 495. The van der Waals surface area contributed by atoms with Crippen LogP contribution in [0.2, 0.25) is 0 Å². The third kappa shape index (κ3) is 3.35. The quantitative estimate of drug-likeness (QED) is 0.810. The van der Waals surface area contributed by atoms with E-state index >= 15 is 0 Å². The van der Waals surface area contributed by atoms with Crippen molar-refractivity contribution in [1.29, 1.82) is 0 Å². The summed E-state index contributed by atoms with van der Waals surface area (Å²) in [6.07, 6.45) is 3.36. The van der Waals surface area contributed by atoms with Gasteiger partial charge in [0.05, 0.1) is 6.61 Å².